The molecule has 19 heavy (non-hydrogen) atoms. The summed E-state index contributed by atoms with van der Waals surface area (Å²) in [5, 5.41) is 13.0. The van der Waals surface area contributed by atoms with E-state index in [1.165, 1.54) is 0 Å². The highest BCUT2D eigenvalue weighted by atomic mass is 35.5. The van der Waals surface area contributed by atoms with E-state index in [9.17, 15) is 0 Å². The van der Waals surface area contributed by atoms with Gasteiger partial charge in [-0.15, -0.1) is 0 Å². The van der Waals surface area contributed by atoms with Gasteiger partial charge < -0.3 is 5.32 Å². The van der Waals surface area contributed by atoms with E-state index in [-0.39, 0.29) is 0 Å². The minimum absolute atomic E-state index is 0.511. The van der Waals surface area contributed by atoms with E-state index < -0.39 is 0 Å². The monoisotopic (exact) mass is 279 g/mol. The van der Waals surface area contributed by atoms with Crippen molar-refractivity contribution in [2.24, 2.45) is 0 Å². The zero-order chi connectivity index (χ0) is 14.4. The van der Waals surface area contributed by atoms with Crippen molar-refractivity contribution in [3.63, 3.8) is 0 Å². The number of nitrogens with one attached hydrogen (secondary N) is 1. The van der Waals surface area contributed by atoms with Gasteiger partial charge in [-0.1, -0.05) is 11.6 Å². The van der Waals surface area contributed by atoms with E-state index in [0.29, 0.717) is 22.7 Å². The van der Waals surface area contributed by atoms with Gasteiger partial charge in [0.05, 0.1) is 11.3 Å². The number of nitriles is 1. The zero-order valence-electron chi connectivity index (χ0n) is 12.1. The van der Waals surface area contributed by atoms with Crippen molar-refractivity contribution in [2.75, 3.05) is 18.4 Å². The topological polar surface area (TPSA) is 39.1 Å². The molecule has 0 unspecified atom stereocenters. The van der Waals surface area contributed by atoms with Gasteiger partial charge in [-0.3, -0.25) is 4.90 Å². The van der Waals surface area contributed by atoms with Crippen LogP contribution in [-0.4, -0.2) is 30.1 Å². The number of anilines is 1. The number of benzene rings is 1. The first-order valence-corrected chi connectivity index (χ1v) is 7.02. The Kier molecular flexibility index (Phi) is 6.14. The van der Waals surface area contributed by atoms with Crippen LogP contribution in [0.25, 0.3) is 0 Å². The zero-order valence-corrected chi connectivity index (χ0v) is 12.8. The number of nitrogens with zero attached hydrogens (tertiary/aromatic N) is 2. The van der Waals surface area contributed by atoms with Crippen molar-refractivity contribution in [3.05, 3.63) is 28.8 Å². The summed E-state index contributed by atoms with van der Waals surface area (Å²) < 4.78 is 0. The van der Waals surface area contributed by atoms with Gasteiger partial charge in [-0.2, -0.15) is 5.26 Å². The van der Waals surface area contributed by atoms with Gasteiger partial charge in [0.1, 0.15) is 6.07 Å². The SMILES string of the molecule is CC(C)N(CCNc1cc(Cl)ccc1C#N)C(C)C. The van der Waals surface area contributed by atoms with Crippen LogP contribution in [0.4, 0.5) is 5.69 Å². The van der Waals surface area contributed by atoms with Crippen molar-refractivity contribution in [1.29, 1.82) is 5.26 Å². The molecule has 1 rings (SSSR count). The van der Waals surface area contributed by atoms with Gasteiger partial charge in [-0.05, 0) is 45.9 Å². The fraction of sp³-hybridized carbons (Fsp3) is 0.533. The van der Waals surface area contributed by atoms with E-state index in [0.717, 1.165) is 18.8 Å². The molecule has 0 aliphatic rings. The fourth-order valence-electron chi connectivity index (χ4n) is 2.19. The number of rotatable bonds is 6. The van der Waals surface area contributed by atoms with Crippen molar-refractivity contribution in [1.82, 2.24) is 4.90 Å². The molecule has 4 heteroatoms. The van der Waals surface area contributed by atoms with E-state index in [1.54, 1.807) is 18.2 Å². The molecule has 0 bridgehead atoms. The van der Waals surface area contributed by atoms with Crippen molar-refractivity contribution >= 4 is 17.3 Å². The third-order valence-corrected chi connectivity index (χ3v) is 3.35. The van der Waals surface area contributed by atoms with Gasteiger partial charge in [0.15, 0.2) is 0 Å². The molecule has 1 aromatic carbocycles. The van der Waals surface area contributed by atoms with Crippen LogP contribution in [-0.2, 0) is 0 Å². The number of halogens is 1. The summed E-state index contributed by atoms with van der Waals surface area (Å²) >= 11 is 5.96. The van der Waals surface area contributed by atoms with Crippen LogP contribution in [0.1, 0.15) is 33.3 Å². The molecule has 0 saturated heterocycles. The third kappa shape index (κ3) is 4.74. The van der Waals surface area contributed by atoms with Crippen LogP contribution in [0.15, 0.2) is 18.2 Å². The van der Waals surface area contributed by atoms with Crippen molar-refractivity contribution in [2.45, 2.75) is 39.8 Å². The van der Waals surface area contributed by atoms with E-state index in [2.05, 4.69) is 44.0 Å². The Hall–Kier alpha value is -1.24. The highest BCUT2D eigenvalue weighted by Gasteiger charge is 2.12. The molecule has 0 fully saturated rings. The molecule has 0 atom stereocenters. The van der Waals surface area contributed by atoms with Crippen LogP contribution in [0.2, 0.25) is 5.02 Å². The molecule has 1 aromatic rings. The molecule has 104 valence electrons. The van der Waals surface area contributed by atoms with E-state index in [1.807, 2.05) is 0 Å². The lowest BCUT2D eigenvalue weighted by atomic mass is 10.2. The quantitative estimate of drug-likeness (QED) is 0.862. The molecular formula is C15H22ClN3. The molecule has 1 N–H and O–H groups in total. The summed E-state index contributed by atoms with van der Waals surface area (Å²) in [6.07, 6.45) is 0. The normalized spacial score (nSPS) is 11.1. The average Bonchev–Trinajstić information content (AvgIpc) is 2.33. The average molecular weight is 280 g/mol. The Morgan fingerprint density at radius 2 is 1.89 bits per heavy atom. The molecule has 0 spiro atoms. The molecule has 0 aliphatic carbocycles. The Bertz CT molecular complexity index is 441. The molecule has 0 saturated carbocycles. The Balaban J connectivity index is 2.62. The molecule has 0 heterocycles. The predicted octanol–water partition coefficient (Wildman–Crippen LogP) is 3.74. The second-order valence-electron chi connectivity index (χ2n) is 5.15. The first-order valence-electron chi connectivity index (χ1n) is 6.65. The molecule has 0 amide bonds. The summed E-state index contributed by atoms with van der Waals surface area (Å²) in [5.74, 6) is 0. The Morgan fingerprint density at radius 1 is 1.26 bits per heavy atom. The summed E-state index contributed by atoms with van der Waals surface area (Å²) in [7, 11) is 0. The van der Waals surface area contributed by atoms with Gasteiger partial charge in [-0.25, -0.2) is 0 Å². The van der Waals surface area contributed by atoms with Gasteiger partial charge in [0.2, 0.25) is 0 Å². The van der Waals surface area contributed by atoms with Crippen LogP contribution >= 0.6 is 11.6 Å². The lowest BCUT2D eigenvalue weighted by molar-refractivity contribution is 0.182. The van der Waals surface area contributed by atoms with Crippen LogP contribution in [0, 0.1) is 11.3 Å². The third-order valence-electron chi connectivity index (χ3n) is 3.11. The molecule has 0 radical (unpaired) electrons. The summed E-state index contributed by atoms with van der Waals surface area (Å²) in [4.78, 5) is 2.41. The standard InChI is InChI=1S/C15H22ClN3/c1-11(2)19(12(3)4)8-7-18-15-9-14(16)6-5-13(15)10-17/h5-6,9,11-12,18H,7-8H2,1-4H3. The minimum Gasteiger partial charge on any atom is -0.383 e. The largest absolute Gasteiger partial charge is 0.383 e. The maximum Gasteiger partial charge on any atom is 0.101 e. The lowest BCUT2D eigenvalue weighted by Crippen LogP contribution is -2.40. The van der Waals surface area contributed by atoms with Gasteiger partial charge in [0, 0.05) is 30.2 Å². The smallest absolute Gasteiger partial charge is 0.101 e. The highest BCUT2D eigenvalue weighted by Crippen LogP contribution is 2.20. The predicted molar refractivity (Wildman–Crippen MR) is 81.6 cm³/mol. The number of hydrogen-bond donors (Lipinski definition) is 1. The second kappa shape index (κ2) is 7.37. The van der Waals surface area contributed by atoms with Crippen LogP contribution < -0.4 is 5.32 Å². The summed E-state index contributed by atoms with van der Waals surface area (Å²) in [6.45, 7) is 10.5. The van der Waals surface area contributed by atoms with E-state index >= 15 is 0 Å². The highest BCUT2D eigenvalue weighted by molar-refractivity contribution is 6.30. The maximum atomic E-state index is 9.05. The van der Waals surface area contributed by atoms with E-state index in [4.69, 9.17) is 16.9 Å². The second-order valence-corrected chi connectivity index (χ2v) is 5.59. The van der Waals surface area contributed by atoms with Gasteiger partial charge in [0.25, 0.3) is 0 Å². The first-order chi connectivity index (χ1) is 8.95. The Morgan fingerprint density at radius 3 is 2.42 bits per heavy atom. The fourth-order valence-corrected chi connectivity index (χ4v) is 2.36. The molecule has 3 nitrogen and oxygen atoms in total. The molecular weight excluding hydrogens is 258 g/mol. The van der Waals surface area contributed by atoms with Gasteiger partial charge >= 0.3 is 0 Å². The van der Waals surface area contributed by atoms with Crippen LogP contribution in [0.5, 0.6) is 0 Å². The van der Waals surface area contributed by atoms with Crippen molar-refractivity contribution < 1.29 is 0 Å². The first kappa shape index (κ1) is 15.8. The maximum absolute atomic E-state index is 9.05. The van der Waals surface area contributed by atoms with Crippen molar-refractivity contribution in [3.8, 4) is 6.07 Å². The lowest BCUT2D eigenvalue weighted by Gasteiger charge is -2.30. The minimum atomic E-state index is 0.511. The molecule has 0 aliphatic heterocycles. The Labute approximate surface area is 121 Å². The summed E-state index contributed by atoms with van der Waals surface area (Å²) in [5.41, 5.74) is 1.44. The summed E-state index contributed by atoms with van der Waals surface area (Å²) in [6, 6.07) is 8.47. The molecule has 0 aromatic heterocycles. The number of hydrogen-bond acceptors (Lipinski definition) is 3. The van der Waals surface area contributed by atoms with Crippen LogP contribution in [0.3, 0.4) is 0 Å².